The van der Waals surface area contributed by atoms with Gasteiger partial charge in [-0.2, -0.15) is 0 Å². The predicted molar refractivity (Wildman–Crippen MR) is 54.4 cm³/mol. The zero-order valence-electron chi connectivity index (χ0n) is 8.29. The van der Waals surface area contributed by atoms with Crippen LogP contribution in [0, 0.1) is 10.1 Å². The van der Waals surface area contributed by atoms with Crippen molar-refractivity contribution < 1.29 is 4.92 Å². The quantitative estimate of drug-likeness (QED) is 0.499. The average Bonchev–Trinajstić information content (AvgIpc) is 2.70. The number of allylic oxidation sites excluding steroid dienone is 4. The summed E-state index contributed by atoms with van der Waals surface area (Å²) in [6.07, 6.45) is 9.18. The van der Waals surface area contributed by atoms with E-state index in [-0.39, 0.29) is 4.92 Å². The van der Waals surface area contributed by atoms with Gasteiger partial charge in [0.05, 0.1) is 4.92 Å². The first kappa shape index (κ1) is 9.44. The molecule has 0 aromatic carbocycles. The zero-order chi connectivity index (χ0) is 9.97. The van der Waals surface area contributed by atoms with Gasteiger partial charge in [-0.1, -0.05) is 6.08 Å². The summed E-state index contributed by atoms with van der Waals surface area (Å²) in [6.45, 7) is 0. The van der Waals surface area contributed by atoms with Gasteiger partial charge in [-0.25, -0.2) is 0 Å². The maximum absolute atomic E-state index is 10.8. The topological polar surface area (TPSA) is 43.1 Å². The average molecular weight is 193 g/mol. The van der Waals surface area contributed by atoms with Gasteiger partial charge in [0.25, 0.3) is 0 Å². The normalized spacial score (nSPS) is 22.4. The van der Waals surface area contributed by atoms with Crippen LogP contribution in [-0.4, -0.2) is 4.92 Å². The van der Waals surface area contributed by atoms with Crippen LogP contribution in [-0.2, 0) is 0 Å². The third-order valence-corrected chi connectivity index (χ3v) is 3.09. The number of rotatable bonds is 2. The smallest absolute Gasteiger partial charge is 0.249 e. The van der Waals surface area contributed by atoms with Gasteiger partial charge >= 0.3 is 0 Å². The molecule has 76 valence electrons. The fraction of sp³-hybridized carbons (Fsp3) is 0.636. The monoisotopic (exact) mass is 193 g/mol. The lowest BCUT2D eigenvalue weighted by Crippen LogP contribution is -2.09. The van der Waals surface area contributed by atoms with E-state index in [4.69, 9.17) is 0 Å². The van der Waals surface area contributed by atoms with E-state index in [2.05, 4.69) is 6.08 Å². The van der Waals surface area contributed by atoms with Gasteiger partial charge in [-0.15, -0.1) is 0 Å². The van der Waals surface area contributed by atoms with Crippen LogP contribution in [0.15, 0.2) is 22.9 Å². The van der Waals surface area contributed by atoms with Crippen molar-refractivity contribution in [1.82, 2.24) is 0 Å². The van der Waals surface area contributed by atoms with E-state index in [1.165, 1.54) is 12.0 Å². The van der Waals surface area contributed by atoms with Gasteiger partial charge in [-0.05, 0) is 44.1 Å². The standard InChI is InChI=1S/C11H15NO2/c13-12(14)11-8-4-3-7-10(11)9-5-1-2-6-9/h5H,1-4,6-8H2. The molecule has 0 saturated heterocycles. The van der Waals surface area contributed by atoms with Crippen LogP contribution in [0.2, 0.25) is 0 Å². The third-order valence-electron chi connectivity index (χ3n) is 3.09. The zero-order valence-corrected chi connectivity index (χ0v) is 8.29. The second kappa shape index (κ2) is 3.95. The molecule has 3 nitrogen and oxygen atoms in total. The first-order valence-electron chi connectivity index (χ1n) is 5.35. The summed E-state index contributed by atoms with van der Waals surface area (Å²) >= 11 is 0. The Balaban J connectivity index is 2.31. The molecular formula is C11H15NO2. The summed E-state index contributed by atoms with van der Waals surface area (Å²) in [6, 6.07) is 0. The van der Waals surface area contributed by atoms with E-state index in [1.807, 2.05) is 0 Å². The van der Waals surface area contributed by atoms with Crippen molar-refractivity contribution in [3.63, 3.8) is 0 Å². The Morgan fingerprint density at radius 2 is 1.93 bits per heavy atom. The Morgan fingerprint density at radius 1 is 1.14 bits per heavy atom. The van der Waals surface area contributed by atoms with E-state index >= 15 is 0 Å². The van der Waals surface area contributed by atoms with Crippen molar-refractivity contribution in [3.8, 4) is 0 Å². The van der Waals surface area contributed by atoms with E-state index < -0.39 is 0 Å². The highest BCUT2D eigenvalue weighted by molar-refractivity contribution is 5.36. The molecule has 0 unspecified atom stereocenters. The van der Waals surface area contributed by atoms with Crippen molar-refractivity contribution in [2.45, 2.75) is 44.9 Å². The lowest BCUT2D eigenvalue weighted by molar-refractivity contribution is -0.429. The number of hydrogen-bond acceptors (Lipinski definition) is 2. The largest absolute Gasteiger partial charge is 0.259 e. The molecule has 0 aromatic rings. The molecule has 0 N–H and O–H groups in total. The van der Waals surface area contributed by atoms with Gasteiger partial charge in [0, 0.05) is 12.0 Å². The van der Waals surface area contributed by atoms with Gasteiger partial charge in [0.15, 0.2) is 0 Å². The first-order valence-corrected chi connectivity index (χ1v) is 5.35. The van der Waals surface area contributed by atoms with Crippen LogP contribution in [0.1, 0.15) is 44.9 Å². The Morgan fingerprint density at radius 3 is 2.57 bits per heavy atom. The first-order chi connectivity index (χ1) is 6.79. The molecule has 2 aliphatic rings. The fourth-order valence-corrected chi connectivity index (χ4v) is 2.38. The molecule has 14 heavy (non-hydrogen) atoms. The van der Waals surface area contributed by atoms with Crippen molar-refractivity contribution in [2.75, 3.05) is 0 Å². The Labute approximate surface area is 83.7 Å². The summed E-state index contributed by atoms with van der Waals surface area (Å²) in [5.41, 5.74) is 2.81. The van der Waals surface area contributed by atoms with Crippen molar-refractivity contribution in [2.24, 2.45) is 0 Å². The summed E-state index contributed by atoms with van der Waals surface area (Å²) in [5, 5.41) is 10.8. The van der Waals surface area contributed by atoms with Gasteiger partial charge < -0.3 is 0 Å². The van der Waals surface area contributed by atoms with Gasteiger partial charge in [-0.3, -0.25) is 10.1 Å². The van der Waals surface area contributed by atoms with Crippen molar-refractivity contribution in [1.29, 1.82) is 0 Å². The molecule has 0 spiro atoms. The highest BCUT2D eigenvalue weighted by atomic mass is 16.6. The number of nitro groups is 1. The minimum Gasteiger partial charge on any atom is -0.259 e. The van der Waals surface area contributed by atoms with Crippen molar-refractivity contribution in [3.05, 3.63) is 33.0 Å². The molecule has 0 aromatic heterocycles. The van der Waals surface area contributed by atoms with E-state index in [1.54, 1.807) is 0 Å². The molecule has 0 heterocycles. The van der Waals surface area contributed by atoms with E-state index in [0.29, 0.717) is 12.1 Å². The van der Waals surface area contributed by atoms with Gasteiger partial charge in [0.2, 0.25) is 5.70 Å². The Hall–Kier alpha value is -1.12. The van der Waals surface area contributed by atoms with Crippen LogP contribution in [0.25, 0.3) is 0 Å². The van der Waals surface area contributed by atoms with Gasteiger partial charge in [0.1, 0.15) is 0 Å². The third kappa shape index (κ3) is 1.72. The summed E-state index contributed by atoms with van der Waals surface area (Å²) in [7, 11) is 0. The van der Waals surface area contributed by atoms with Crippen molar-refractivity contribution >= 4 is 0 Å². The number of hydrogen-bond donors (Lipinski definition) is 0. The molecule has 2 aliphatic carbocycles. The van der Waals surface area contributed by atoms with Crippen LogP contribution < -0.4 is 0 Å². The van der Waals surface area contributed by atoms with Crippen LogP contribution in [0.5, 0.6) is 0 Å². The van der Waals surface area contributed by atoms with E-state index in [0.717, 1.165) is 37.7 Å². The molecule has 0 bridgehead atoms. The summed E-state index contributed by atoms with van der Waals surface area (Å²) < 4.78 is 0. The maximum Gasteiger partial charge on any atom is 0.249 e. The van der Waals surface area contributed by atoms with Crippen LogP contribution in [0.3, 0.4) is 0 Å². The lowest BCUT2D eigenvalue weighted by atomic mass is 9.90. The van der Waals surface area contributed by atoms with E-state index in [9.17, 15) is 10.1 Å². The molecule has 0 amide bonds. The summed E-state index contributed by atoms with van der Waals surface area (Å²) in [4.78, 5) is 10.7. The molecule has 2 rings (SSSR count). The molecule has 0 fully saturated rings. The Kier molecular flexibility index (Phi) is 2.66. The minimum atomic E-state index is -0.173. The molecule has 0 saturated carbocycles. The number of nitrogens with zero attached hydrogens (tertiary/aromatic N) is 1. The maximum atomic E-state index is 10.8. The molecule has 0 atom stereocenters. The molecule has 0 radical (unpaired) electrons. The van der Waals surface area contributed by atoms with Crippen LogP contribution >= 0.6 is 0 Å². The predicted octanol–water partition coefficient (Wildman–Crippen LogP) is 3.20. The lowest BCUT2D eigenvalue weighted by Gasteiger charge is -2.14. The highest BCUT2D eigenvalue weighted by Gasteiger charge is 2.25. The van der Waals surface area contributed by atoms with Crippen LogP contribution in [0.4, 0.5) is 0 Å². The molecule has 3 heteroatoms. The molecule has 0 aliphatic heterocycles. The second-order valence-corrected chi connectivity index (χ2v) is 4.01. The Bertz CT molecular complexity index is 315. The fourth-order valence-electron chi connectivity index (χ4n) is 2.38. The SMILES string of the molecule is O=[N+]([O-])C1=C(C2=CCCC2)CCCC1. The molecular weight excluding hydrogens is 178 g/mol. The minimum absolute atomic E-state index is 0.173. The highest BCUT2D eigenvalue weighted by Crippen LogP contribution is 2.35. The summed E-state index contributed by atoms with van der Waals surface area (Å²) in [5.74, 6) is 0. The second-order valence-electron chi connectivity index (χ2n) is 4.01.